The van der Waals surface area contributed by atoms with Crippen molar-refractivity contribution in [2.24, 2.45) is 0 Å². The van der Waals surface area contributed by atoms with Crippen LogP contribution < -0.4 is 14.8 Å². The van der Waals surface area contributed by atoms with E-state index in [-0.39, 0.29) is 23.9 Å². The number of rotatable bonds is 4. The molecule has 2 heterocycles. The van der Waals surface area contributed by atoms with Crippen LogP contribution in [0.25, 0.3) is 0 Å². The molecule has 3 aliphatic rings. The third-order valence-corrected chi connectivity index (χ3v) is 8.00. The molecule has 6 heteroatoms. The summed E-state index contributed by atoms with van der Waals surface area (Å²) in [5, 5.41) is 3.38. The molecule has 2 aliphatic heterocycles. The van der Waals surface area contributed by atoms with Crippen LogP contribution >= 0.6 is 0 Å². The van der Waals surface area contributed by atoms with Crippen LogP contribution in [0.2, 0.25) is 0 Å². The smallest absolute Gasteiger partial charge is 0.254 e. The Hall–Kier alpha value is -3.80. The lowest BCUT2D eigenvalue weighted by atomic mass is 9.75. The van der Waals surface area contributed by atoms with Crippen molar-refractivity contribution >= 4 is 11.8 Å². The Bertz CT molecular complexity index is 1350. The molecule has 36 heavy (non-hydrogen) atoms. The number of ether oxygens (including phenoxy) is 2. The van der Waals surface area contributed by atoms with E-state index >= 15 is 0 Å². The van der Waals surface area contributed by atoms with E-state index in [1.807, 2.05) is 29.2 Å². The van der Waals surface area contributed by atoms with E-state index in [2.05, 4.69) is 35.6 Å². The number of nitrogens with zero attached hydrogens (tertiary/aromatic N) is 1. The average Bonchev–Trinajstić information content (AvgIpc) is 2.92. The minimum absolute atomic E-state index is 0.0454. The van der Waals surface area contributed by atoms with Crippen LogP contribution in [0.1, 0.15) is 69.0 Å². The number of carbonyl (C=O) groups excluding carboxylic acids is 2. The SMILES string of the molecule is COc1cc2c(cc1OC)[C@H](C(=O)N[C@@H]1CCCc3ccccc31)[C@@H]1c3ccccc3CCN1C2=O. The first-order valence-electron chi connectivity index (χ1n) is 12.6. The largest absolute Gasteiger partial charge is 0.493 e. The van der Waals surface area contributed by atoms with Crippen LogP contribution in [0.3, 0.4) is 0 Å². The van der Waals surface area contributed by atoms with Gasteiger partial charge in [0, 0.05) is 12.1 Å². The molecule has 3 aromatic carbocycles. The lowest BCUT2D eigenvalue weighted by Crippen LogP contribution is -2.50. The molecular formula is C30H30N2O4. The summed E-state index contributed by atoms with van der Waals surface area (Å²) < 4.78 is 11.1. The number of nitrogens with one attached hydrogen (secondary N) is 1. The lowest BCUT2D eigenvalue weighted by Gasteiger charge is -2.45. The standard InChI is InChI=1S/C30H30N2O4/c1-35-25-16-22-23(17-26(25)36-2)30(34)32-15-14-19-9-4-6-12-21(19)28(32)27(22)29(33)31-24-13-7-10-18-8-3-5-11-20(18)24/h3-6,8-9,11-12,16-17,24,27-28H,7,10,13-15H2,1-2H3,(H,31,33)/t24-,27+,28+/m1/s1. The van der Waals surface area contributed by atoms with Crippen molar-refractivity contribution in [1.29, 1.82) is 0 Å². The van der Waals surface area contributed by atoms with Gasteiger partial charge in [-0.25, -0.2) is 0 Å². The average molecular weight is 483 g/mol. The quantitative estimate of drug-likeness (QED) is 0.584. The number of carbonyl (C=O) groups is 2. The van der Waals surface area contributed by atoms with Gasteiger partial charge in [-0.05, 0) is 65.6 Å². The van der Waals surface area contributed by atoms with E-state index in [1.165, 1.54) is 16.7 Å². The fourth-order valence-electron chi connectivity index (χ4n) is 6.30. The van der Waals surface area contributed by atoms with Gasteiger partial charge in [0.05, 0.1) is 32.2 Å². The summed E-state index contributed by atoms with van der Waals surface area (Å²) in [5.41, 5.74) is 5.92. The van der Waals surface area contributed by atoms with Crippen LogP contribution in [-0.2, 0) is 17.6 Å². The molecule has 0 saturated heterocycles. The van der Waals surface area contributed by atoms with Crippen molar-refractivity contribution < 1.29 is 19.1 Å². The van der Waals surface area contributed by atoms with Gasteiger partial charge in [0.25, 0.3) is 5.91 Å². The lowest BCUT2D eigenvalue weighted by molar-refractivity contribution is -0.125. The second-order valence-electron chi connectivity index (χ2n) is 9.82. The van der Waals surface area contributed by atoms with Gasteiger partial charge in [-0.1, -0.05) is 48.5 Å². The highest BCUT2D eigenvalue weighted by molar-refractivity contribution is 6.02. The number of fused-ring (bicyclic) bond motifs is 5. The number of methoxy groups -OCH3 is 2. The van der Waals surface area contributed by atoms with Gasteiger partial charge in [0.15, 0.2) is 11.5 Å². The molecule has 6 rings (SSSR count). The summed E-state index contributed by atoms with van der Waals surface area (Å²) in [6, 6.07) is 19.7. The fourth-order valence-corrected chi connectivity index (χ4v) is 6.30. The Labute approximate surface area is 211 Å². The van der Waals surface area contributed by atoms with Gasteiger partial charge < -0.3 is 19.7 Å². The summed E-state index contributed by atoms with van der Waals surface area (Å²) >= 11 is 0. The zero-order valence-electron chi connectivity index (χ0n) is 20.6. The predicted octanol–water partition coefficient (Wildman–Crippen LogP) is 4.73. The first-order valence-corrected chi connectivity index (χ1v) is 12.6. The van der Waals surface area contributed by atoms with Crippen molar-refractivity contribution in [3.63, 3.8) is 0 Å². The number of benzene rings is 3. The molecule has 1 N–H and O–H groups in total. The molecule has 184 valence electrons. The maximum Gasteiger partial charge on any atom is 0.254 e. The zero-order chi connectivity index (χ0) is 24.8. The molecule has 6 nitrogen and oxygen atoms in total. The van der Waals surface area contributed by atoms with Crippen molar-refractivity contribution in [1.82, 2.24) is 10.2 Å². The minimum atomic E-state index is -0.562. The van der Waals surface area contributed by atoms with Crippen molar-refractivity contribution in [3.05, 3.63) is 94.0 Å². The van der Waals surface area contributed by atoms with Gasteiger partial charge in [-0.2, -0.15) is 0 Å². The van der Waals surface area contributed by atoms with Gasteiger partial charge >= 0.3 is 0 Å². The summed E-state index contributed by atoms with van der Waals surface area (Å²) in [7, 11) is 3.13. The zero-order valence-corrected chi connectivity index (χ0v) is 20.6. The van der Waals surface area contributed by atoms with E-state index in [1.54, 1.807) is 20.3 Å². The second-order valence-corrected chi connectivity index (χ2v) is 9.82. The third-order valence-electron chi connectivity index (χ3n) is 8.00. The number of aryl methyl sites for hydroxylation is 1. The number of hydrogen-bond acceptors (Lipinski definition) is 4. The topological polar surface area (TPSA) is 67.9 Å². The molecule has 3 atom stereocenters. The summed E-state index contributed by atoms with van der Waals surface area (Å²) in [5.74, 6) is 0.304. The van der Waals surface area contributed by atoms with Crippen LogP contribution in [0, 0.1) is 0 Å². The fraction of sp³-hybridized carbons (Fsp3) is 0.333. The number of amides is 2. The Kier molecular flexibility index (Phi) is 5.67. The Morgan fingerprint density at radius 3 is 2.31 bits per heavy atom. The normalized spacial score (nSPS) is 22.0. The van der Waals surface area contributed by atoms with E-state index < -0.39 is 5.92 Å². The summed E-state index contributed by atoms with van der Waals surface area (Å²) in [6.45, 7) is 0.574. The first kappa shape index (κ1) is 22.7. The van der Waals surface area contributed by atoms with Gasteiger partial charge in [-0.3, -0.25) is 9.59 Å². The maximum atomic E-state index is 14.2. The Morgan fingerprint density at radius 1 is 0.889 bits per heavy atom. The molecule has 0 bridgehead atoms. The summed E-state index contributed by atoms with van der Waals surface area (Å²) in [6.07, 6.45) is 3.73. The van der Waals surface area contributed by atoms with Gasteiger partial charge in [0.2, 0.25) is 5.91 Å². The molecule has 3 aromatic rings. The van der Waals surface area contributed by atoms with Crippen molar-refractivity contribution in [2.45, 2.75) is 43.7 Å². The molecule has 0 fully saturated rings. The molecule has 2 amide bonds. The molecule has 0 unspecified atom stereocenters. The predicted molar refractivity (Wildman–Crippen MR) is 136 cm³/mol. The highest BCUT2D eigenvalue weighted by Gasteiger charge is 2.47. The van der Waals surface area contributed by atoms with Crippen molar-refractivity contribution in [2.75, 3.05) is 20.8 Å². The molecular weight excluding hydrogens is 452 g/mol. The monoisotopic (exact) mass is 482 g/mol. The van der Waals surface area contributed by atoms with Gasteiger partial charge in [-0.15, -0.1) is 0 Å². The Morgan fingerprint density at radius 2 is 1.56 bits per heavy atom. The van der Waals surface area contributed by atoms with E-state index in [0.29, 0.717) is 29.2 Å². The molecule has 0 spiro atoms. The van der Waals surface area contributed by atoms with Crippen LogP contribution in [-0.4, -0.2) is 37.5 Å². The molecule has 0 radical (unpaired) electrons. The van der Waals surface area contributed by atoms with E-state index in [9.17, 15) is 9.59 Å². The highest BCUT2D eigenvalue weighted by atomic mass is 16.5. The Balaban J connectivity index is 1.48. The van der Waals surface area contributed by atoms with E-state index in [4.69, 9.17) is 9.47 Å². The van der Waals surface area contributed by atoms with E-state index in [0.717, 1.165) is 31.2 Å². The molecule has 0 aromatic heterocycles. The maximum absolute atomic E-state index is 14.2. The molecule has 1 aliphatic carbocycles. The summed E-state index contributed by atoms with van der Waals surface area (Å²) in [4.78, 5) is 29.9. The van der Waals surface area contributed by atoms with Crippen LogP contribution in [0.15, 0.2) is 60.7 Å². The third kappa shape index (κ3) is 3.55. The second kappa shape index (κ2) is 9.01. The van der Waals surface area contributed by atoms with Crippen LogP contribution in [0.4, 0.5) is 0 Å². The first-order chi connectivity index (χ1) is 17.6. The van der Waals surface area contributed by atoms with Crippen LogP contribution in [0.5, 0.6) is 11.5 Å². The minimum Gasteiger partial charge on any atom is -0.493 e. The van der Waals surface area contributed by atoms with Gasteiger partial charge in [0.1, 0.15) is 0 Å². The molecule has 0 saturated carbocycles. The highest BCUT2D eigenvalue weighted by Crippen LogP contribution is 2.48. The van der Waals surface area contributed by atoms with Crippen molar-refractivity contribution in [3.8, 4) is 11.5 Å². The number of hydrogen-bond donors (Lipinski definition) is 1.